The summed E-state index contributed by atoms with van der Waals surface area (Å²) >= 11 is 0. The number of nitrogens with zero attached hydrogens (tertiary/aromatic N) is 1. The van der Waals surface area contributed by atoms with Crippen molar-refractivity contribution in [1.29, 1.82) is 0 Å². The van der Waals surface area contributed by atoms with E-state index in [1.807, 2.05) is 0 Å². The van der Waals surface area contributed by atoms with Crippen molar-refractivity contribution in [1.82, 2.24) is 0 Å². The number of halogens is 3. The van der Waals surface area contributed by atoms with Gasteiger partial charge in [0.15, 0.2) is 0 Å². The normalized spacial score (nSPS) is 17.6. The second kappa shape index (κ2) is 6.77. The predicted octanol–water partition coefficient (Wildman–Crippen LogP) is 4.67. The van der Waals surface area contributed by atoms with Crippen LogP contribution in [0.5, 0.6) is 0 Å². The first-order valence-corrected chi connectivity index (χ1v) is 6.79. The van der Waals surface area contributed by atoms with Crippen molar-refractivity contribution in [2.45, 2.75) is 44.9 Å². The van der Waals surface area contributed by atoms with Gasteiger partial charge in [0.25, 0.3) is 0 Å². The third-order valence-electron chi connectivity index (χ3n) is 3.39. The minimum Gasteiger partial charge on any atom is -0.391 e. The van der Waals surface area contributed by atoms with Crippen LogP contribution in [0, 0.1) is 5.92 Å². The minimum absolute atomic E-state index is 0.0314. The molecule has 1 radical (unpaired) electrons. The first kappa shape index (κ1) is 14.9. The summed E-state index contributed by atoms with van der Waals surface area (Å²) < 4.78 is 37.6. The molecule has 0 aromatic heterocycles. The monoisotopic (exact) mass is 284 g/mol. The van der Waals surface area contributed by atoms with Crippen LogP contribution in [0.2, 0.25) is 0 Å². The van der Waals surface area contributed by atoms with Crippen LogP contribution in [0.15, 0.2) is 29.4 Å². The van der Waals surface area contributed by atoms with Crippen molar-refractivity contribution < 1.29 is 18.0 Å². The van der Waals surface area contributed by atoms with Crippen LogP contribution in [0.1, 0.15) is 43.2 Å². The van der Waals surface area contributed by atoms with E-state index in [9.17, 15) is 13.2 Å². The summed E-state index contributed by atoms with van der Waals surface area (Å²) in [6.07, 6.45) is 4.34. The summed E-state index contributed by atoms with van der Waals surface area (Å²) in [6, 6.07) is 5.08. The maximum absolute atomic E-state index is 12.5. The molecule has 0 spiro atoms. The topological polar surface area (TPSA) is 21.6 Å². The lowest BCUT2D eigenvalue weighted by Crippen LogP contribution is -2.07. The molecule has 2 rings (SSSR count). The third-order valence-corrected chi connectivity index (χ3v) is 3.39. The largest absolute Gasteiger partial charge is 0.416 e. The van der Waals surface area contributed by atoms with Crippen LogP contribution in [0.3, 0.4) is 0 Å². The van der Waals surface area contributed by atoms with Crippen LogP contribution >= 0.6 is 0 Å². The van der Waals surface area contributed by atoms with Crippen molar-refractivity contribution in [2.24, 2.45) is 11.1 Å². The van der Waals surface area contributed by atoms with E-state index in [0.717, 1.165) is 25.0 Å². The molecule has 0 unspecified atom stereocenters. The minimum atomic E-state index is -4.33. The fraction of sp³-hybridized carbons (Fsp3) is 0.533. The van der Waals surface area contributed by atoms with E-state index >= 15 is 0 Å². The molecule has 1 aromatic carbocycles. The van der Waals surface area contributed by atoms with Crippen molar-refractivity contribution in [3.8, 4) is 0 Å². The molecule has 0 heterocycles. The van der Waals surface area contributed by atoms with Gasteiger partial charge in [0.1, 0.15) is 12.8 Å². The average Bonchev–Trinajstić information content (AvgIpc) is 2.44. The molecule has 1 aliphatic rings. The maximum Gasteiger partial charge on any atom is 0.416 e. The Morgan fingerprint density at radius 1 is 1.20 bits per heavy atom. The van der Waals surface area contributed by atoms with E-state index in [0.29, 0.717) is 11.5 Å². The third kappa shape index (κ3) is 4.54. The molecule has 0 atom stereocenters. The Morgan fingerprint density at radius 2 is 1.95 bits per heavy atom. The van der Waals surface area contributed by atoms with Crippen LogP contribution < -0.4 is 0 Å². The molecule has 1 saturated carbocycles. The standard InChI is InChI=1S/C15H17F3NO/c16-15(17,18)14-8-4-7-13(9-14)11-20-19-10-12-5-2-1-3-6-12/h4,7-9,12H,1-3,5-6,11H2. The second-order valence-electron chi connectivity index (χ2n) is 5.03. The number of alkyl halides is 3. The molecule has 1 fully saturated rings. The Bertz CT molecular complexity index is 451. The van der Waals surface area contributed by atoms with Crippen LogP contribution in [-0.2, 0) is 17.6 Å². The summed E-state index contributed by atoms with van der Waals surface area (Å²) in [5, 5.41) is 3.75. The van der Waals surface area contributed by atoms with E-state index in [4.69, 9.17) is 4.84 Å². The molecular weight excluding hydrogens is 267 g/mol. The van der Waals surface area contributed by atoms with Gasteiger partial charge in [-0.3, -0.25) is 0 Å². The van der Waals surface area contributed by atoms with Crippen molar-refractivity contribution in [3.05, 3.63) is 35.4 Å². The highest BCUT2D eigenvalue weighted by atomic mass is 19.4. The van der Waals surface area contributed by atoms with Crippen molar-refractivity contribution in [2.75, 3.05) is 0 Å². The van der Waals surface area contributed by atoms with E-state index in [2.05, 4.69) is 11.4 Å². The van der Waals surface area contributed by atoms with E-state index in [1.54, 1.807) is 6.07 Å². The average molecular weight is 284 g/mol. The zero-order valence-electron chi connectivity index (χ0n) is 11.1. The van der Waals surface area contributed by atoms with Gasteiger partial charge in [-0.2, -0.15) is 13.2 Å². The SMILES string of the molecule is FC(F)(F)c1cccc(CO/N=[C]\C2CCCCC2)c1. The van der Waals surface area contributed by atoms with Gasteiger partial charge in [-0.15, -0.1) is 0 Å². The molecule has 20 heavy (non-hydrogen) atoms. The summed E-state index contributed by atoms with van der Waals surface area (Å²) in [6.45, 7) is 0.0314. The summed E-state index contributed by atoms with van der Waals surface area (Å²) in [7, 11) is 0. The lowest BCUT2D eigenvalue weighted by molar-refractivity contribution is -0.137. The zero-order chi connectivity index (χ0) is 14.4. The molecule has 0 N–H and O–H groups in total. The molecule has 1 aromatic rings. The Labute approximate surface area is 116 Å². The summed E-state index contributed by atoms with van der Waals surface area (Å²) in [4.78, 5) is 5.04. The smallest absolute Gasteiger partial charge is 0.391 e. The Morgan fingerprint density at radius 3 is 2.65 bits per heavy atom. The zero-order valence-corrected chi connectivity index (χ0v) is 11.1. The van der Waals surface area contributed by atoms with Gasteiger partial charge in [-0.25, -0.2) is 0 Å². The quantitative estimate of drug-likeness (QED) is 0.582. The number of benzene rings is 1. The molecular formula is C15H17F3NO. The molecule has 5 heteroatoms. The lowest BCUT2D eigenvalue weighted by Gasteiger charge is -2.15. The molecule has 0 bridgehead atoms. The molecule has 0 saturated heterocycles. The number of hydrogen-bond donors (Lipinski definition) is 0. The maximum atomic E-state index is 12.5. The van der Waals surface area contributed by atoms with Crippen molar-refractivity contribution >= 4 is 6.21 Å². The first-order valence-electron chi connectivity index (χ1n) is 6.79. The Hall–Kier alpha value is -1.52. The molecule has 1 aliphatic carbocycles. The van der Waals surface area contributed by atoms with Crippen LogP contribution in [0.25, 0.3) is 0 Å². The van der Waals surface area contributed by atoms with Crippen molar-refractivity contribution in [3.63, 3.8) is 0 Å². The van der Waals surface area contributed by atoms with Gasteiger partial charge < -0.3 is 4.84 Å². The lowest BCUT2D eigenvalue weighted by atomic mass is 9.90. The van der Waals surface area contributed by atoms with E-state index in [-0.39, 0.29) is 6.61 Å². The fourth-order valence-electron chi connectivity index (χ4n) is 2.29. The summed E-state index contributed by atoms with van der Waals surface area (Å²) in [5.41, 5.74) is -0.215. The van der Waals surface area contributed by atoms with Crippen LogP contribution in [0.4, 0.5) is 13.2 Å². The van der Waals surface area contributed by atoms with E-state index < -0.39 is 11.7 Å². The number of rotatable bonds is 4. The van der Waals surface area contributed by atoms with Gasteiger partial charge in [0, 0.05) is 5.92 Å². The molecule has 109 valence electrons. The molecule has 2 nitrogen and oxygen atoms in total. The highest BCUT2D eigenvalue weighted by molar-refractivity contribution is 5.59. The molecule has 0 aliphatic heterocycles. The van der Waals surface area contributed by atoms with Gasteiger partial charge >= 0.3 is 6.18 Å². The predicted molar refractivity (Wildman–Crippen MR) is 70.2 cm³/mol. The number of hydrogen-bond acceptors (Lipinski definition) is 2. The Kier molecular flexibility index (Phi) is 5.04. The summed E-state index contributed by atoms with van der Waals surface area (Å²) in [5.74, 6) is 0.324. The van der Waals surface area contributed by atoms with Gasteiger partial charge in [0.2, 0.25) is 0 Å². The Balaban J connectivity index is 1.83. The molecule has 0 amide bonds. The first-order chi connectivity index (χ1) is 9.55. The van der Waals surface area contributed by atoms with Gasteiger partial charge in [-0.05, 0) is 30.5 Å². The van der Waals surface area contributed by atoms with E-state index in [1.165, 1.54) is 25.3 Å². The highest BCUT2D eigenvalue weighted by Gasteiger charge is 2.30. The van der Waals surface area contributed by atoms with Gasteiger partial charge in [0.05, 0.1) is 5.56 Å². The van der Waals surface area contributed by atoms with Crippen LogP contribution in [-0.4, -0.2) is 6.21 Å². The van der Waals surface area contributed by atoms with Gasteiger partial charge in [-0.1, -0.05) is 36.6 Å². The fourth-order valence-corrected chi connectivity index (χ4v) is 2.29. The second-order valence-corrected chi connectivity index (χ2v) is 5.03. The highest BCUT2D eigenvalue weighted by Crippen LogP contribution is 2.29.